The van der Waals surface area contributed by atoms with E-state index in [2.05, 4.69) is 0 Å². The standard InChI is InChI=1S/C15H20ClNO4/c1-3-20-14-8-17(7-12(14)18)15(19)9-21-13-5-4-11(16)6-10(13)2/h4-6,12,14,18H,3,7-9H2,1-2H3/t12-,14-/m1/s1. The molecule has 2 atom stereocenters. The summed E-state index contributed by atoms with van der Waals surface area (Å²) >= 11 is 5.87. The van der Waals surface area contributed by atoms with Gasteiger partial charge in [-0.2, -0.15) is 0 Å². The Morgan fingerprint density at radius 3 is 2.90 bits per heavy atom. The Bertz CT molecular complexity index is 508. The van der Waals surface area contributed by atoms with Crippen LogP contribution in [-0.4, -0.2) is 54.4 Å². The fraction of sp³-hybridized carbons (Fsp3) is 0.533. The lowest BCUT2D eigenvalue weighted by Crippen LogP contribution is -2.34. The van der Waals surface area contributed by atoms with E-state index in [1.165, 1.54) is 0 Å². The molecule has 1 aromatic carbocycles. The average molecular weight is 314 g/mol. The van der Waals surface area contributed by atoms with Crippen molar-refractivity contribution in [3.05, 3.63) is 28.8 Å². The molecule has 116 valence electrons. The first-order chi connectivity index (χ1) is 10.0. The molecule has 0 aromatic heterocycles. The maximum atomic E-state index is 12.1. The van der Waals surface area contributed by atoms with Crippen LogP contribution >= 0.6 is 11.6 Å². The monoisotopic (exact) mass is 313 g/mol. The van der Waals surface area contributed by atoms with Gasteiger partial charge in [-0.3, -0.25) is 4.79 Å². The van der Waals surface area contributed by atoms with Crippen molar-refractivity contribution < 1.29 is 19.4 Å². The first kappa shape index (κ1) is 16.1. The van der Waals surface area contributed by atoms with Gasteiger partial charge < -0.3 is 19.5 Å². The van der Waals surface area contributed by atoms with E-state index >= 15 is 0 Å². The van der Waals surface area contributed by atoms with Crippen LogP contribution in [0.1, 0.15) is 12.5 Å². The van der Waals surface area contributed by atoms with Crippen LogP contribution in [0, 0.1) is 6.92 Å². The lowest BCUT2D eigenvalue weighted by Gasteiger charge is -2.17. The van der Waals surface area contributed by atoms with Crippen molar-refractivity contribution in [2.24, 2.45) is 0 Å². The minimum Gasteiger partial charge on any atom is -0.483 e. The van der Waals surface area contributed by atoms with Gasteiger partial charge in [0.15, 0.2) is 6.61 Å². The highest BCUT2D eigenvalue weighted by molar-refractivity contribution is 6.30. The summed E-state index contributed by atoms with van der Waals surface area (Å²) in [5.74, 6) is 0.472. The molecular weight excluding hydrogens is 294 g/mol. The molecule has 0 radical (unpaired) electrons. The van der Waals surface area contributed by atoms with Crippen molar-refractivity contribution in [2.45, 2.75) is 26.1 Å². The molecular formula is C15H20ClNO4. The number of likely N-dealkylation sites (tertiary alicyclic amines) is 1. The summed E-state index contributed by atoms with van der Waals surface area (Å²) < 4.78 is 10.9. The Balaban J connectivity index is 1.88. The van der Waals surface area contributed by atoms with E-state index < -0.39 is 6.10 Å². The quantitative estimate of drug-likeness (QED) is 0.897. The third-order valence-electron chi connectivity index (χ3n) is 3.46. The van der Waals surface area contributed by atoms with E-state index in [-0.39, 0.29) is 25.2 Å². The summed E-state index contributed by atoms with van der Waals surface area (Å²) in [7, 11) is 0. The summed E-state index contributed by atoms with van der Waals surface area (Å²) in [6.45, 7) is 4.88. The van der Waals surface area contributed by atoms with Gasteiger partial charge in [-0.05, 0) is 37.6 Å². The highest BCUT2D eigenvalue weighted by Gasteiger charge is 2.34. The van der Waals surface area contributed by atoms with E-state index in [1.54, 1.807) is 23.1 Å². The lowest BCUT2D eigenvalue weighted by atomic mass is 10.2. The summed E-state index contributed by atoms with van der Waals surface area (Å²) in [5, 5.41) is 10.5. The smallest absolute Gasteiger partial charge is 0.260 e. The number of nitrogens with zero attached hydrogens (tertiary/aromatic N) is 1. The molecule has 2 rings (SSSR count). The second-order valence-electron chi connectivity index (χ2n) is 5.06. The average Bonchev–Trinajstić information content (AvgIpc) is 2.79. The molecule has 0 bridgehead atoms. The van der Waals surface area contributed by atoms with Gasteiger partial charge >= 0.3 is 0 Å². The number of aliphatic hydroxyl groups excluding tert-OH is 1. The molecule has 0 aliphatic carbocycles. The maximum absolute atomic E-state index is 12.1. The third kappa shape index (κ3) is 4.09. The van der Waals surface area contributed by atoms with E-state index in [4.69, 9.17) is 21.1 Å². The Morgan fingerprint density at radius 2 is 2.24 bits per heavy atom. The number of benzene rings is 1. The van der Waals surface area contributed by atoms with Gasteiger partial charge in [0, 0.05) is 24.7 Å². The number of ether oxygens (including phenoxy) is 2. The Kier molecular flexibility index (Phi) is 5.45. The molecule has 6 heteroatoms. The van der Waals surface area contributed by atoms with Gasteiger partial charge in [0.2, 0.25) is 0 Å². The summed E-state index contributed by atoms with van der Waals surface area (Å²) in [5.41, 5.74) is 0.879. The molecule has 1 amide bonds. The van der Waals surface area contributed by atoms with Crippen LogP contribution in [0.4, 0.5) is 0 Å². The molecule has 1 saturated heterocycles. The Labute approximate surface area is 129 Å². The maximum Gasteiger partial charge on any atom is 0.260 e. The fourth-order valence-electron chi connectivity index (χ4n) is 2.34. The summed E-state index contributed by atoms with van der Waals surface area (Å²) in [6, 6.07) is 5.25. The van der Waals surface area contributed by atoms with Crippen molar-refractivity contribution in [1.29, 1.82) is 0 Å². The number of hydrogen-bond acceptors (Lipinski definition) is 4. The van der Waals surface area contributed by atoms with Gasteiger partial charge in [-0.25, -0.2) is 0 Å². The lowest BCUT2D eigenvalue weighted by molar-refractivity contribution is -0.132. The number of rotatable bonds is 5. The van der Waals surface area contributed by atoms with Gasteiger partial charge in [0.1, 0.15) is 11.9 Å². The first-order valence-electron chi connectivity index (χ1n) is 6.97. The summed E-state index contributed by atoms with van der Waals surface area (Å²) in [4.78, 5) is 13.7. The van der Waals surface area contributed by atoms with Gasteiger partial charge in [-0.15, -0.1) is 0 Å². The summed E-state index contributed by atoms with van der Waals surface area (Å²) in [6.07, 6.45) is -0.942. The van der Waals surface area contributed by atoms with Crippen molar-refractivity contribution in [1.82, 2.24) is 4.90 Å². The third-order valence-corrected chi connectivity index (χ3v) is 3.69. The Morgan fingerprint density at radius 1 is 1.48 bits per heavy atom. The topological polar surface area (TPSA) is 59.0 Å². The second kappa shape index (κ2) is 7.11. The molecule has 1 heterocycles. The van der Waals surface area contributed by atoms with Crippen LogP contribution in [0.25, 0.3) is 0 Å². The molecule has 5 nitrogen and oxygen atoms in total. The van der Waals surface area contributed by atoms with Crippen LogP contribution in [0.5, 0.6) is 5.75 Å². The van der Waals surface area contributed by atoms with E-state index in [1.807, 2.05) is 13.8 Å². The second-order valence-corrected chi connectivity index (χ2v) is 5.49. The van der Waals surface area contributed by atoms with Gasteiger partial charge in [-0.1, -0.05) is 11.6 Å². The van der Waals surface area contributed by atoms with Crippen molar-refractivity contribution in [3.8, 4) is 5.75 Å². The Hall–Kier alpha value is -1.30. The van der Waals surface area contributed by atoms with Crippen molar-refractivity contribution in [3.63, 3.8) is 0 Å². The molecule has 0 saturated carbocycles. The number of halogens is 1. The molecule has 1 fully saturated rings. The molecule has 1 N–H and O–H groups in total. The van der Waals surface area contributed by atoms with Gasteiger partial charge in [0.25, 0.3) is 5.91 Å². The number of aryl methyl sites for hydroxylation is 1. The predicted octanol–water partition coefficient (Wildman–Crippen LogP) is 1.64. The minimum absolute atomic E-state index is 0.0615. The van der Waals surface area contributed by atoms with E-state index in [0.29, 0.717) is 23.9 Å². The molecule has 0 spiro atoms. The largest absolute Gasteiger partial charge is 0.483 e. The zero-order valence-corrected chi connectivity index (χ0v) is 13.0. The molecule has 1 aromatic rings. The van der Waals surface area contributed by atoms with E-state index in [0.717, 1.165) is 5.56 Å². The highest BCUT2D eigenvalue weighted by Crippen LogP contribution is 2.22. The van der Waals surface area contributed by atoms with E-state index in [9.17, 15) is 9.90 Å². The van der Waals surface area contributed by atoms with Crippen LogP contribution in [-0.2, 0) is 9.53 Å². The van der Waals surface area contributed by atoms with Crippen LogP contribution in [0.15, 0.2) is 18.2 Å². The first-order valence-corrected chi connectivity index (χ1v) is 7.35. The zero-order chi connectivity index (χ0) is 15.4. The number of carbonyl (C=O) groups is 1. The molecule has 1 aliphatic rings. The highest BCUT2D eigenvalue weighted by atomic mass is 35.5. The minimum atomic E-state index is -0.633. The number of carbonyl (C=O) groups excluding carboxylic acids is 1. The normalized spacial score (nSPS) is 21.6. The van der Waals surface area contributed by atoms with Crippen LogP contribution in [0.2, 0.25) is 5.02 Å². The van der Waals surface area contributed by atoms with Crippen LogP contribution < -0.4 is 4.74 Å². The molecule has 1 aliphatic heterocycles. The zero-order valence-electron chi connectivity index (χ0n) is 12.2. The molecule has 21 heavy (non-hydrogen) atoms. The SMILES string of the molecule is CCO[C@@H]1CN(C(=O)COc2ccc(Cl)cc2C)C[C@H]1O. The number of amides is 1. The fourth-order valence-corrected chi connectivity index (χ4v) is 2.57. The number of aliphatic hydroxyl groups is 1. The molecule has 0 unspecified atom stereocenters. The number of hydrogen-bond donors (Lipinski definition) is 1. The van der Waals surface area contributed by atoms with Crippen molar-refractivity contribution in [2.75, 3.05) is 26.3 Å². The van der Waals surface area contributed by atoms with Gasteiger partial charge in [0.05, 0.1) is 6.10 Å². The van der Waals surface area contributed by atoms with Crippen LogP contribution in [0.3, 0.4) is 0 Å². The number of β-amino-alcohol motifs (C(OH)–C–C–N with tert-alkyl or cyclic N) is 1. The van der Waals surface area contributed by atoms with Crippen molar-refractivity contribution >= 4 is 17.5 Å². The predicted molar refractivity (Wildman–Crippen MR) is 79.7 cm³/mol.